The first-order valence-electron chi connectivity index (χ1n) is 12.0. The number of aliphatic hydroxyl groups excluding tert-OH is 2. The number of amides is 1. The highest BCUT2D eigenvalue weighted by Gasteiger charge is 2.47. The summed E-state index contributed by atoms with van der Waals surface area (Å²) in [6, 6.07) is 0. The number of aromatic nitrogens is 4. The van der Waals surface area contributed by atoms with Gasteiger partial charge in [-0.1, -0.05) is 5.92 Å². The van der Waals surface area contributed by atoms with Crippen molar-refractivity contribution in [3.8, 4) is 11.8 Å². The molecule has 2 aromatic rings. The third kappa shape index (κ3) is 5.26. The molecule has 13 nitrogen and oxygen atoms in total. The van der Waals surface area contributed by atoms with Crippen LogP contribution in [0.3, 0.4) is 0 Å². The molecule has 0 saturated carbocycles. The first-order chi connectivity index (χ1) is 17.3. The number of fused-ring (bicyclic) bond motifs is 1. The van der Waals surface area contributed by atoms with Gasteiger partial charge in [-0.15, -0.1) is 0 Å². The number of hydrogen-bond acceptors (Lipinski definition) is 11. The molecule has 13 heteroatoms. The molecule has 0 aromatic carbocycles. The number of hydrogen-bond donors (Lipinski definition) is 4. The summed E-state index contributed by atoms with van der Waals surface area (Å²) in [6.45, 7) is 6.23. The average molecular weight is 502 g/mol. The summed E-state index contributed by atoms with van der Waals surface area (Å²) >= 11 is 0. The summed E-state index contributed by atoms with van der Waals surface area (Å²) in [4.78, 5) is 39.1. The van der Waals surface area contributed by atoms with Crippen LogP contribution in [0.2, 0.25) is 0 Å². The number of aliphatic hydroxyl groups is 2. The van der Waals surface area contributed by atoms with Crippen LogP contribution in [0.1, 0.15) is 38.7 Å². The SMILES string of the molecule is CCNC(=O)[C@H]1O[C@@H](n2cnc3c(N)nc(C#CCN4CCC(C(=O)OCC)CC4)nc32)[C@@H](O)C1O. The molecule has 0 bridgehead atoms. The van der Waals surface area contributed by atoms with Gasteiger partial charge in [-0.25, -0.2) is 15.0 Å². The number of likely N-dealkylation sites (N-methyl/N-ethyl adjacent to an activating group) is 1. The molecule has 2 saturated heterocycles. The van der Waals surface area contributed by atoms with E-state index in [2.05, 4.69) is 37.0 Å². The van der Waals surface area contributed by atoms with Gasteiger partial charge in [0.1, 0.15) is 17.7 Å². The van der Waals surface area contributed by atoms with E-state index in [0.717, 1.165) is 25.9 Å². The number of carbonyl (C=O) groups is 2. The Morgan fingerprint density at radius 1 is 1.25 bits per heavy atom. The highest BCUT2D eigenvalue weighted by Crippen LogP contribution is 2.32. The van der Waals surface area contributed by atoms with Crippen LogP contribution in [-0.2, 0) is 19.1 Å². The fourth-order valence-corrected chi connectivity index (χ4v) is 4.38. The lowest BCUT2D eigenvalue weighted by molar-refractivity contribution is -0.149. The van der Waals surface area contributed by atoms with Gasteiger partial charge in [-0.05, 0) is 45.7 Å². The molecule has 2 aromatic heterocycles. The van der Waals surface area contributed by atoms with Gasteiger partial charge in [0, 0.05) is 6.54 Å². The van der Waals surface area contributed by atoms with Crippen LogP contribution in [0.5, 0.6) is 0 Å². The molecule has 36 heavy (non-hydrogen) atoms. The molecule has 194 valence electrons. The Kier molecular flexibility index (Phi) is 8.00. The lowest BCUT2D eigenvalue weighted by Crippen LogP contribution is -2.42. The van der Waals surface area contributed by atoms with Crippen molar-refractivity contribution in [3.05, 3.63) is 12.2 Å². The molecule has 0 aliphatic carbocycles. The van der Waals surface area contributed by atoms with E-state index in [1.165, 1.54) is 10.9 Å². The van der Waals surface area contributed by atoms with Crippen molar-refractivity contribution in [1.29, 1.82) is 0 Å². The second-order valence-corrected chi connectivity index (χ2v) is 8.68. The van der Waals surface area contributed by atoms with Crippen LogP contribution in [0.4, 0.5) is 5.82 Å². The van der Waals surface area contributed by atoms with E-state index in [-0.39, 0.29) is 34.7 Å². The van der Waals surface area contributed by atoms with E-state index in [1.807, 2.05) is 0 Å². The Hall–Kier alpha value is -3.31. The van der Waals surface area contributed by atoms with Gasteiger partial charge in [-0.2, -0.15) is 0 Å². The average Bonchev–Trinajstić information content (AvgIpc) is 3.41. The number of likely N-dealkylation sites (tertiary alicyclic amines) is 1. The van der Waals surface area contributed by atoms with Gasteiger partial charge < -0.3 is 30.7 Å². The standard InChI is InChI=1S/C23H31N7O6/c1-3-25-21(33)18-16(31)17(32)22(36-18)30-12-26-15-19(24)27-14(28-20(15)30)6-5-9-29-10-7-13(8-11-29)23(34)35-4-2/h12-13,16-18,22,31-32H,3-4,7-11H2,1-2H3,(H,25,33)(H2,24,27,28)/t16?,17-,18-,22+/m0/s1. The second kappa shape index (κ2) is 11.2. The number of anilines is 1. The maximum atomic E-state index is 12.2. The predicted molar refractivity (Wildman–Crippen MR) is 127 cm³/mol. The number of imidazole rings is 1. The topological polar surface area (TPSA) is 178 Å². The number of ether oxygens (including phenoxy) is 2. The van der Waals surface area contributed by atoms with Crippen molar-refractivity contribution in [2.24, 2.45) is 5.92 Å². The van der Waals surface area contributed by atoms with Crippen molar-refractivity contribution >= 4 is 28.9 Å². The van der Waals surface area contributed by atoms with Gasteiger partial charge >= 0.3 is 5.97 Å². The fourth-order valence-electron chi connectivity index (χ4n) is 4.38. The van der Waals surface area contributed by atoms with E-state index in [4.69, 9.17) is 15.2 Å². The highest BCUT2D eigenvalue weighted by atomic mass is 16.6. The molecule has 5 N–H and O–H groups in total. The Balaban J connectivity index is 1.47. The lowest BCUT2D eigenvalue weighted by Gasteiger charge is -2.29. The van der Waals surface area contributed by atoms with Crippen LogP contribution in [0.25, 0.3) is 11.2 Å². The van der Waals surface area contributed by atoms with Gasteiger partial charge in [0.15, 0.2) is 23.8 Å². The number of nitrogens with two attached hydrogens (primary N) is 1. The number of esters is 1. The molecule has 0 radical (unpaired) electrons. The normalized spacial score (nSPS) is 24.9. The summed E-state index contributed by atoms with van der Waals surface area (Å²) in [5.74, 6) is 5.48. The minimum absolute atomic E-state index is 0.0701. The molecule has 2 fully saturated rings. The first-order valence-corrected chi connectivity index (χ1v) is 12.0. The fraction of sp³-hybridized carbons (Fsp3) is 0.609. The summed E-state index contributed by atoms with van der Waals surface area (Å²) in [5.41, 5.74) is 6.61. The molecule has 1 amide bonds. The predicted octanol–water partition coefficient (Wildman–Crippen LogP) is -1.21. The van der Waals surface area contributed by atoms with Gasteiger partial charge in [0.05, 0.1) is 25.4 Å². The molecule has 2 aliphatic rings. The lowest BCUT2D eigenvalue weighted by atomic mass is 9.97. The van der Waals surface area contributed by atoms with Crippen molar-refractivity contribution in [1.82, 2.24) is 29.7 Å². The van der Waals surface area contributed by atoms with Crippen LogP contribution < -0.4 is 11.1 Å². The van der Waals surface area contributed by atoms with Crippen molar-refractivity contribution < 1.29 is 29.3 Å². The largest absolute Gasteiger partial charge is 0.466 e. The van der Waals surface area contributed by atoms with E-state index in [1.54, 1.807) is 13.8 Å². The summed E-state index contributed by atoms with van der Waals surface area (Å²) in [7, 11) is 0. The molecule has 4 atom stereocenters. The van der Waals surface area contributed by atoms with Crippen molar-refractivity contribution in [2.45, 2.75) is 51.2 Å². The van der Waals surface area contributed by atoms with E-state index in [0.29, 0.717) is 19.7 Å². The van der Waals surface area contributed by atoms with Crippen LogP contribution in [-0.4, -0.2) is 97.6 Å². The third-order valence-corrected chi connectivity index (χ3v) is 6.28. The number of nitrogens with zero attached hydrogens (tertiary/aromatic N) is 5. The summed E-state index contributed by atoms with van der Waals surface area (Å²) in [6.07, 6.45) is -2.35. The number of rotatable bonds is 6. The quantitative estimate of drug-likeness (QED) is 0.276. The van der Waals surface area contributed by atoms with Crippen LogP contribution in [0.15, 0.2) is 6.33 Å². The maximum Gasteiger partial charge on any atom is 0.309 e. The number of nitrogens with one attached hydrogen (secondary N) is 1. The zero-order valence-corrected chi connectivity index (χ0v) is 20.3. The number of piperidine rings is 1. The van der Waals surface area contributed by atoms with Crippen molar-refractivity contribution in [3.63, 3.8) is 0 Å². The molecule has 1 unspecified atom stereocenters. The molecule has 0 spiro atoms. The molecule has 4 heterocycles. The van der Waals surface area contributed by atoms with E-state index < -0.39 is 30.4 Å². The van der Waals surface area contributed by atoms with Crippen LogP contribution in [0, 0.1) is 17.8 Å². The third-order valence-electron chi connectivity index (χ3n) is 6.28. The Labute approximate surface area is 208 Å². The van der Waals surface area contributed by atoms with Crippen molar-refractivity contribution in [2.75, 3.05) is 38.5 Å². The molecular formula is C23H31N7O6. The molecule has 2 aliphatic heterocycles. The zero-order chi connectivity index (χ0) is 25.8. The van der Waals surface area contributed by atoms with Gasteiger partial charge in [-0.3, -0.25) is 19.1 Å². The Morgan fingerprint density at radius 2 is 2.00 bits per heavy atom. The first kappa shape index (κ1) is 25.8. The second-order valence-electron chi connectivity index (χ2n) is 8.68. The highest BCUT2D eigenvalue weighted by molar-refractivity contribution is 5.83. The van der Waals surface area contributed by atoms with Gasteiger partial charge in [0.25, 0.3) is 5.91 Å². The molecular weight excluding hydrogens is 470 g/mol. The number of carbonyl (C=O) groups excluding carboxylic acids is 2. The Bertz CT molecular complexity index is 1170. The minimum atomic E-state index is -1.43. The van der Waals surface area contributed by atoms with Crippen LogP contribution >= 0.6 is 0 Å². The monoisotopic (exact) mass is 501 g/mol. The summed E-state index contributed by atoms with van der Waals surface area (Å²) in [5, 5.41) is 23.5. The zero-order valence-electron chi connectivity index (χ0n) is 20.3. The van der Waals surface area contributed by atoms with E-state index >= 15 is 0 Å². The van der Waals surface area contributed by atoms with E-state index in [9.17, 15) is 19.8 Å². The Morgan fingerprint density at radius 3 is 2.69 bits per heavy atom. The maximum absolute atomic E-state index is 12.2. The smallest absolute Gasteiger partial charge is 0.309 e. The van der Waals surface area contributed by atoms with Gasteiger partial charge in [0.2, 0.25) is 5.82 Å². The molecule has 4 rings (SSSR count). The number of nitrogen functional groups attached to an aromatic ring is 1. The summed E-state index contributed by atoms with van der Waals surface area (Å²) < 4.78 is 12.2. The minimum Gasteiger partial charge on any atom is -0.466 e.